The van der Waals surface area contributed by atoms with Crippen molar-refractivity contribution in [3.05, 3.63) is 65.9 Å². The van der Waals surface area contributed by atoms with E-state index in [0.717, 1.165) is 16.5 Å². The Bertz CT molecular complexity index is 1390. The fourth-order valence-corrected chi connectivity index (χ4v) is 5.19. The fourth-order valence-electron chi connectivity index (χ4n) is 4.70. The van der Waals surface area contributed by atoms with Crippen molar-refractivity contribution in [1.29, 1.82) is 0 Å². The molecule has 0 aliphatic heterocycles. The fraction of sp³-hybridized carbons (Fsp3) is 0.419. The van der Waals surface area contributed by atoms with Gasteiger partial charge in [0, 0.05) is 29.9 Å². The molecule has 4 unspecified atom stereocenters. The summed E-state index contributed by atoms with van der Waals surface area (Å²) in [6.07, 6.45) is 4.50. The molecule has 1 heterocycles. The van der Waals surface area contributed by atoms with Gasteiger partial charge in [-0.15, -0.1) is 0 Å². The highest BCUT2D eigenvalue weighted by Crippen LogP contribution is 2.20. The maximum atomic E-state index is 13.7. The van der Waals surface area contributed by atoms with E-state index in [1.807, 2.05) is 44.4 Å². The van der Waals surface area contributed by atoms with Crippen molar-refractivity contribution < 1.29 is 29.4 Å². The molecule has 0 aliphatic rings. The average molecular weight is 612 g/mol. The molecular formula is C31H41N5O6S. The summed E-state index contributed by atoms with van der Waals surface area (Å²) in [5.74, 6) is -2.24. The number of carbonyl (C=O) groups excluding carboxylic acids is 3. The van der Waals surface area contributed by atoms with Crippen LogP contribution in [0.15, 0.2) is 54.7 Å². The van der Waals surface area contributed by atoms with E-state index in [4.69, 9.17) is 5.73 Å². The van der Waals surface area contributed by atoms with Crippen molar-refractivity contribution in [2.75, 3.05) is 12.0 Å². The SMILES string of the molecule is CSCCC(N)C(=O)NC(Cc1c[nH]c2ccccc12)C(=O)NC(CC(C)C)C(=O)NC(Cc1ccc(O)cc1)C(=O)O. The van der Waals surface area contributed by atoms with Gasteiger partial charge in [0.25, 0.3) is 0 Å². The van der Waals surface area contributed by atoms with E-state index in [-0.39, 0.29) is 30.9 Å². The Kier molecular flexibility index (Phi) is 12.4. The minimum atomic E-state index is -1.26. The third kappa shape index (κ3) is 10.0. The molecule has 2 aromatic carbocycles. The van der Waals surface area contributed by atoms with Gasteiger partial charge in [-0.05, 0) is 60.1 Å². The highest BCUT2D eigenvalue weighted by atomic mass is 32.2. The highest BCUT2D eigenvalue weighted by Gasteiger charge is 2.31. The standard InChI is InChI=1S/C31H41N5O6S/c1-18(2)14-25(29(39)36-27(31(41)42)15-19-8-10-21(37)11-9-19)35-30(40)26(34-28(38)23(32)12-13-43-3)16-20-17-33-24-7-5-4-6-22(20)24/h4-11,17-18,23,25-27,33,37H,12-16,32H2,1-3H3,(H,34,38)(H,35,40)(H,36,39)(H,41,42). The first kappa shape index (κ1) is 33.5. The zero-order valence-electron chi connectivity index (χ0n) is 24.6. The van der Waals surface area contributed by atoms with Crippen LogP contribution in [0.4, 0.5) is 0 Å². The quantitative estimate of drug-likeness (QED) is 0.129. The number of hydrogen-bond donors (Lipinski definition) is 7. The second-order valence-electron chi connectivity index (χ2n) is 11.0. The van der Waals surface area contributed by atoms with E-state index in [0.29, 0.717) is 17.7 Å². The van der Waals surface area contributed by atoms with E-state index in [2.05, 4.69) is 20.9 Å². The number of benzene rings is 2. The van der Waals surface area contributed by atoms with Gasteiger partial charge < -0.3 is 36.9 Å². The van der Waals surface area contributed by atoms with E-state index in [9.17, 15) is 29.4 Å². The zero-order valence-corrected chi connectivity index (χ0v) is 25.4. The number of carbonyl (C=O) groups is 4. The Balaban J connectivity index is 1.81. The van der Waals surface area contributed by atoms with Gasteiger partial charge in [0.2, 0.25) is 17.7 Å². The van der Waals surface area contributed by atoms with Crippen molar-refractivity contribution in [3.63, 3.8) is 0 Å². The maximum Gasteiger partial charge on any atom is 0.326 e. The van der Waals surface area contributed by atoms with Gasteiger partial charge >= 0.3 is 5.97 Å². The first-order chi connectivity index (χ1) is 20.5. The molecule has 4 atom stereocenters. The Morgan fingerprint density at radius 1 is 0.884 bits per heavy atom. The Hall–Kier alpha value is -4.03. The van der Waals surface area contributed by atoms with Gasteiger partial charge in [-0.3, -0.25) is 14.4 Å². The highest BCUT2D eigenvalue weighted by molar-refractivity contribution is 7.98. The number of carboxylic acid groups (broad SMARTS) is 1. The molecule has 0 saturated carbocycles. The minimum absolute atomic E-state index is 0.0157. The molecule has 3 amide bonds. The number of rotatable bonds is 16. The number of para-hydroxylation sites is 1. The number of fused-ring (bicyclic) bond motifs is 1. The molecule has 8 N–H and O–H groups in total. The summed E-state index contributed by atoms with van der Waals surface area (Å²) in [7, 11) is 0. The largest absolute Gasteiger partial charge is 0.508 e. The molecule has 0 fully saturated rings. The molecule has 0 spiro atoms. The van der Waals surface area contributed by atoms with Crippen molar-refractivity contribution in [1.82, 2.24) is 20.9 Å². The van der Waals surface area contributed by atoms with Crippen molar-refractivity contribution in [3.8, 4) is 5.75 Å². The van der Waals surface area contributed by atoms with Crippen LogP contribution >= 0.6 is 11.8 Å². The van der Waals surface area contributed by atoms with Crippen molar-refractivity contribution in [2.45, 2.75) is 63.7 Å². The number of aromatic hydroxyl groups is 1. The third-order valence-electron chi connectivity index (χ3n) is 7.03. The lowest BCUT2D eigenvalue weighted by atomic mass is 9.99. The predicted octanol–water partition coefficient (Wildman–Crippen LogP) is 2.32. The number of aliphatic carboxylic acids is 1. The molecule has 1 aromatic heterocycles. The monoisotopic (exact) mass is 611 g/mol. The Morgan fingerprint density at radius 3 is 2.16 bits per heavy atom. The van der Waals surface area contributed by atoms with Crippen LogP contribution in [-0.4, -0.2) is 75.1 Å². The Morgan fingerprint density at radius 2 is 1.51 bits per heavy atom. The predicted molar refractivity (Wildman–Crippen MR) is 168 cm³/mol. The smallest absolute Gasteiger partial charge is 0.326 e. The van der Waals surface area contributed by atoms with Crippen molar-refractivity contribution in [2.24, 2.45) is 11.7 Å². The van der Waals surface area contributed by atoms with Gasteiger partial charge in [-0.25, -0.2) is 4.79 Å². The molecule has 12 heteroatoms. The summed E-state index contributed by atoms with van der Waals surface area (Å²) in [5, 5.41) is 28.3. The molecule has 3 rings (SSSR count). The van der Waals surface area contributed by atoms with Crippen LogP contribution in [0, 0.1) is 5.92 Å². The molecule has 0 bridgehead atoms. The number of hydrogen-bond acceptors (Lipinski definition) is 7. The summed E-state index contributed by atoms with van der Waals surface area (Å²) in [4.78, 5) is 55.3. The van der Waals surface area contributed by atoms with Crippen LogP contribution in [0.3, 0.4) is 0 Å². The maximum absolute atomic E-state index is 13.7. The zero-order chi connectivity index (χ0) is 31.5. The number of phenols is 1. The minimum Gasteiger partial charge on any atom is -0.508 e. The van der Waals surface area contributed by atoms with E-state index >= 15 is 0 Å². The van der Waals surface area contributed by atoms with Crippen LogP contribution in [0.5, 0.6) is 5.75 Å². The first-order valence-corrected chi connectivity index (χ1v) is 15.6. The van der Waals surface area contributed by atoms with Gasteiger partial charge in [0.15, 0.2) is 0 Å². The van der Waals surface area contributed by atoms with Gasteiger partial charge in [-0.2, -0.15) is 11.8 Å². The summed E-state index contributed by atoms with van der Waals surface area (Å²) in [5.41, 5.74) is 8.38. The number of carboxylic acids is 1. The molecule has 11 nitrogen and oxygen atoms in total. The van der Waals surface area contributed by atoms with Crippen LogP contribution in [0.25, 0.3) is 10.9 Å². The summed E-state index contributed by atoms with van der Waals surface area (Å²) in [6, 6.07) is 9.45. The topological polar surface area (TPSA) is 187 Å². The lowest BCUT2D eigenvalue weighted by Crippen LogP contribution is -2.58. The molecule has 0 aliphatic carbocycles. The lowest BCUT2D eigenvalue weighted by molar-refractivity contribution is -0.142. The van der Waals surface area contributed by atoms with Crippen molar-refractivity contribution >= 4 is 46.4 Å². The van der Waals surface area contributed by atoms with Gasteiger partial charge in [0.1, 0.15) is 23.9 Å². The van der Waals surface area contributed by atoms with E-state index in [1.165, 1.54) is 12.1 Å². The number of nitrogens with one attached hydrogen (secondary N) is 4. The number of thioether (sulfide) groups is 1. The summed E-state index contributed by atoms with van der Waals surface area (Å²) >= 11 is 1.56. The normalized spacial score (nSPS) is 14.1. The number of phenolic OH excluding ortho intramolecular Hbond substituents is 1. The molecule has 3 aromatic rings. The number of amides is 3. The van der Waals surface area contributed by atoms with E-state index < -0.39 is 47.9 Å². The number of aromatic amines is 1. The van der Waals surface area contributed by atoms with Crippen LogP contribution in [-0.2, 0) is 32.0 Å². The second kappa shape index (κ2) is 16.0. The number of nitrogens with two attached hydrogens (primary N) is 1. The first-order valence-electron chi connectivity index (χ1n) is 14.2. The molecular weight excluding hydrogens is 570 g/mol. The van der Waals surface area contributed by atoms with Gasteiger partial charge in [-0.1, -0.05) is 44.2 Å². The van der Waals surface area contributed by atoms with Crippen LogP contribution in [0.1, 0.15) is 37.8 Å². The summed E-state index contributed by atoms with van der Waals surface area (Å²) < 4.78 is 0. The molecule has 0 saturated heterocycles. The average Bonchev–Trinajstić information content (AvgIpc) is 3.38. The molecule has 43 heavy (non-hydrogen) atoms. The number of H-pyrrole nitrogens is 1. The summed E-state index contributed by atoms with van der Waals surface area (Å²) in [6.45, 7) is 3.76. The third-order valence-corrected chi connectivity index (χ3v) is 7.68. The van der Waals surface area contributed by atoms with Crippen LogP contribution < -0.4 is 21.7 Å². The van der Waals surface area contributed by atoms with E-state index in [1.54, 1.807) is 30.1 Å². The van der Waals surface area contributed by atoms with Gasteiger partial charge in [0.05, 0.1) is 6.04 Å². The Labute approximate surface area is 255 Å². The lowest BCUT2D eigenvalue weighted by Gasteiger charge is -2.26. The molecule has 232 valence electrons. The van der Waals surface area contributed by atoms with Crippen LogP contribution in [0.2, 0.25) is 0 Å². The molecule has 0 radical (unpaired) electrons. The second-order valence-corrected chi connectivity index (χ2v) is 12.0. The number of aromatic nitrogens is 1.